The first kappa shape index (κ1) is 19.2. The fraction of sp³-hybridized carbons (Fsp3) is 0.440. The number of phenolic OH excluding ortho intramolecular Hbond substituents is 1. The van der Waals surface area contributed by atoms with Crippen LogP contribution in [0.2, 0.25) is 0 Å². The third-order valence-electron chi connectivity index (χ3n) is 7.55. The van der Waals surface area contributed by atoms with Gasteiger partial charge >= 0.3 is 6.09 Å². The summed E-state index contributed by atoms with van der Waals surface area (Å²) in [4.78, 5) is 26.4. The van der Waals surface area contributed by atoms with E-state index in [1.807, 2.05) is 47.4 Å². The van der Waals surface area contributed by atoms with E-state index in [4.69, 9.17) is 4.74 Å². The second-order valence-electron chi connectivity index (χ2n) is 8.95. The van der Waals surface area contributed by atoms with E-state index in [9.17, 15) is 14.7 Å². The molecule has 1 N–H and O–H groups in total. The number of hydrogen-bond donors (Lipinski definition) is 1. The third-order valence-corrected chi connectivity index (χ3v) is 7.55. The molecule has 0 radical (unpaired) electrons. The number of benzene rings is 2. The van der Waals surface area contributed by atoms with Gasteiger partial charge in [0.1, 0.15) is 12.4 Å². The Balaban J connectivity index is 1.45. The number of piperidine rings is 1. The Bertz CT molecular complexity index is 973. The van der Waals surface area contributed by atoms with E-state index in [0.717, 1.165) is 36.8 Å². The molecule has 1 amide bonds. The van der Waals surface area contributed by atoms with Crippen LogP contribution in [0.25, 0.3) is 0 Å². The molecule has 3 atom stereocenters. The molecular weight excluding hydrogens is 378 g/mol. The smallest absolute Gasteiger partial charge is 0.410 e. The van der Waals surface area contributed by atoms with Crippen molar-refractivity contribution in [2.45, 2.75) is 56.6 Å². The number of rotatable bonds is 3. The molecule has 0 spiro atoms. The number of aldehydes is 1. The summed E-state index contributed by atoms with van der Waals surface area (Å²) >= 11 is 0. The summed E-state index contributed by atoms with van der Waals surface area (Å²) in [5, 5.41) is 10.4. The summed E-state index contributed by atoms with van der Waals surface area (Å²) in [7, 11) is 0. The fourth-order valence-electron chi connectivity index (χ4n) is 6.20. The van der Waals surface area contributed by atoms with Gasteiger partial charge in [-0.2, -0.15) is 0 Å². The molecular formula is C25H27NO4. The van der Waals surface area contributed by atoms with Crippen LogP contribution >= 0.6 is 0 Å². The lowest BCUT2D eigenvalue weighted by Gasteiger charge is -2.58. The minimum absolute atomic E-state index is 0.00833. The molecule has 2 aliphatic carbocycles. The highest BCUT2D eigenvalue weighted by molar-refractivity contribution is 5.80. The topological polar surface area (TPSA) is 66.8 Å². The largest absolute Gasteiger partial charge is 0.507 e. The highest BCUT2D eigenvalue weighted by Gasteiger charge is 2.55. The quantitative estimate of drug-likeness (QED) is 0.758. The van der Waals surface area contributed by atoms with Gasteiger partial charge in [0.05, 0.1) is 5.56 Å². The Hall–Kier alpha value is -2.82. The third kappa shape index (κ3) is 2.99. The van der Waals surface area contributed by atoms with Crippen molar-refractivity contribution in [2.24, 2.45) is 5.92 Å². The summed E-state index contributed by atoms with van der Waals surface area (Å²) in [5.74, 6) is 0.448. The van der Waals surface area contributed by atoms with Crippen molar-refractivity contribution in [3.63, 3.8) is 0 Å². The normalized spacial score (nSPS) is 27.0. The molecule has 2 bridgehead atoms. The number of carbonyl (C=O) groups is 2. The van der Waals surface area contributed by atoms with Crippen molar-refractivity contribution >= 4 is 12.4 Å². The van der Waals surface area contributed by atoms with E-state index in [1.54, 1.807) is 0 Å². The lowest BCUT2D eigenvalue weighted by atomic mass is 9.52. The number of aromatic hydroxyl groups is 1. The SMILES string of the molecule is O=Cc1cc2c(cc1O)[C@]13CCCC[C@@H]1[C@H](C2)N(C(=O)OCc1ccccc1)CC3. The van der Waals surface area contributed by atoms with Gasteiger partial charge in [0.15, 0.2) is 6.29 Å². The summed E-state index contributed by atoms with van der Waals surface area (Å²) in [6, 6.07) is 13.5. The van der Waals surface area contributed by atoms with Gasteiger partial charge in [-0.15, -0.1) is 0 Å². The lowest BCUT2D eigenvalue weighted by molar-refractivity contribution is -0.0137. The van der Waals surface area contributed by atoms with Gasteiger partial charge in [-0.3, -0.25) is 4.79 Å². The van der Waals surface area contributed by atoms with Gasteiger partial charge in [0.25, 0.3) is 0 Å². The van der Waals surface area contributed by atoms with Crippen molar-refractivity contribution in [3.05, 3.63) is 64.7 Å². The molecule has 5 nitrogen and oxygen atoms in total. The Morgan fingerprint density at radius 1 is 1.20 bits per heavy atom. The molecule has 5 rings (SSSR count). The first-order valence-electron chi connectivity index (χ1n) is 10.9. The molecule has 5 heteroatoms. The summed E-state index contributed by atoms with van der Waals surface area (Å²) in [6.07, 6.45) is 6.55. The molecule has 3 aliphatic rings. The second kappa shape index (κ2) is 7.46. The maximum atomic E-state index is 13.0. The van der Waals surface area contributed by atoms with Crippen molar-refractivity contribution in [2.75, 3.05) is 6.54 Å². The number of amides is 1. The van der Waals surface area contributed by atoms with Gasteiger partial charge < -0.3 is 14.7 Å². The zero-order chi connectivity index (χ0) is 20.7. The van der Waals surface area contributed by atoms with Crippen LogP contribution in [-0.2, 0) is 23.2 Å². The molecule has 0 unspecified atom stereocenters. The molecule has 1 heterocycles. The number of likely N-dealkylation sites (tertiary alicyclic amines) is 1. The number of hydrogen-bond acceptors (Lipinski definition) is 4. The number of carbonyl (C=O) groups excluding carboxylic acids is 2. The van der Waals surface area contributed by atoms with E-state index in [2.05, 4.69) is 0 Å². The number of phenols is 1. The van der Waals surface area contributed by atoms with Gasteiger partial charge in [-0.05, 0) is 60.4 Å². The number of nitrogens with zero attached hydrogens (tertiary/aromatic N) is 1. The van der Waals surface area contributed by atoms with Crippen molar-refractivity contribution < 1.29 is 19.4 Å². The van der Waals surface area contributed by atoms with Crippen LogP contribution < -0.4 is 0 Å². The standard InChI is InChI=1S/C25H27NO4/c27-15-19-12-18-13-22-20-8-4-5-9-25(20,21(18)14-23(19)28)10-11-26(22)24(29)30-16-17-6-2-1-3-7-17/h1-3,6-7,12,14-15,20,22,28H,4-5,8-11,13,16H2/t20-,22+,25+/m1/s1. The Kier molecular flexibility index (Phi) is 4.76. The molecule has 1 aliphatic heterocycles. The minimum Gasteiger partial charge on any atom is -0.507 e. The average molecular weight is 405 g/mol. The highest BCUT2D eigenvalue weighted by Crippen LogP contribution is 2.56. The first-order chi connectivity index (χ1) is 14.6. The Labute approximate surface area is 176 Å². The molecule has 30 heavy (non-hydrogen) atoms. The van der Waals surface area contributed by atoms with Gasteiger partial charge in [0.2, 0.25) is 0 Å². The van der Waals surface area contributed by atoms with E-state index < -0.39 is 0 Å². The van der Waals surface area contributed by atoms with Crippen LogP contribution in [0.5, 0.6) is 5.75 Å². The maximum absolute atomic E-state index is 13.0. The Morgan fingerprint density at radius 3 is 2.83 bits per heavy atom. The fourth-order valence-corrected chi connectivity index (χ4v) is 6.20. The maximum Gasteiger partial charge on any atom is 0.410 e. The van der Waals surface area contributed by atoms with Crippen molar-refractivity contribution in [1.82, 2.24) is 4.90 Å². The van der Waals surface area contributed by atoms with Crippen LogP contribution in [0, 0.1) is 5.92 Å². The van der Waals surface area contributed by atoms with E-state index in [0.29, 0.717) is 30.7 Å². The zero-order valence-corrected chi connectivity index (χ0v) is 17.0. The molecule has 1 saturated carbocycles. The molecule has 156 valence electrons. The molecule has 2 aromatic carbocycles. The van der Waals surface area contributed by atoms with Crippen molar-refractivity contribution in [1.29, 1.82) is 0 Å². The summed E-state index contributed by atoms with van der Waals surface area (Å²) in [5.41, 5.74) is 3.60. The Morgan fingerprint density at radius 2 is 2.03 bits per heavy atom. The van der Waals surface area contributed by atoms with Gasteiger partial charge in [0, 0.05) is 18.0 Å². The second-order valence-corrected chi connectivity index (χ2v) is 8.95. The predicted octanol–water partition coefficient (Wildman–Crippen LogP) is 4.60. The summed E-state index contributed by atoms with van der Waals surface area (Å²) < 4.78 is 5.68. The van der Waals surface area contributed by atoms with Gasteiger partial charge in [-0.1, -0.05) is 43.2 Å². The predicted molar refractivity (Wildman–Crippen MR) is 113 cm³/mol. The van der Waals surface area contributed by atoms with Crippen LogP contribution in [0.1, 0.15) is 59.2 Å². The lowest BCUT2D eigenvalue weighted by Crippen LogP contribution is -2.62. The van der Waals surface area contributed by atoms with Crippen LogP contribution in [-0.4, -0.2) is 35.0 Å². The van der Waals surface area contributed by atoms with Crippen LogP contribution in [0.3, 0.4) is 0 Å². The molecule has 2 aromatic rings. The van der Waals surface area contributed by atoms with Crippen LogP contribution in [0.4, 0.5) is 4.79 Å². The first-order valence-corrected chi connectivity index (χ1v) is 10.9. The van der Waals surface area contributed by atoms with Crippen molar-refractivity contribution in [3.8, 4) is 5.75 Å². The number of ether oxygens (including phenoxy) is 1. The van der Waals surface area contributed by atoms with E-state index in [1.165, 1.54) is 12.0 Å². The monoisotopic (exact) mass is 405 g/mol. The van der Waals surface area contributed by atoms with E-state index >= 15 is 0 Å². The molecule has 1 saturated heterocycles. The van der Waals surface area contributed by atoms with E-state index in [-0.39, 0.29) is 29.9 Å². The average Bonchev–Trinajstić information content (AvgIpc) is 2.78. The van der Waals surface area contributed by atoms with Gasteiger partial charge in [-0.25, -0.2) is 4.79 Å². The van der Waals surface area contributed by atoms with Crippen LogP contribution in [0.15, 0.2) is 42.5 Å². The number of fused-ring (bicyclic) bond motifs is 1. The summed E-state index contributed by atoms with van der Waals surface area (Å²) in [6.45, 7) is 0.947. The minimum atomic E-state index is -0.249. The highest BCUT2D eigenvalue weighted by atomic mass is 16.6. The molecule has 0 aromatic heterocycles. The zero-order valence-electron chi connectivity index (χ0n) is 17.0. The molecule has 2 fully saturated rings.